The third-order valence-corrected chi connectivity index (χ3v) is 6.02. The summed E-state index contributed by atoms with van der Waals surface area (Å²) < 4.78 is 0. The van der Waals surface area contributed by atoms with Gasteiger partial charge in [0.1, 0.15) is 5.82 Å². The van der Waals surface area contributed by atoms with Gasteiger partial charge >= 0.3 is 0 Å². The van der Waals surface area contributed by atoms with Crippen LogP contribution >= 0.6 is 0 Å². The van der Waals surface area contributed by atoms with Gasteiger partial charge in [0.2, 0.25) is 5.91 Å². The number of H-pyrrole nitrogens is 1. The second-order valence-corrected chi connectivity index (χ2v) is 8.68. The second kappa shape index (κ2) is 10.6. The molecule has 3 rings (SSSR count). The number of carbonyl (C=O) groups excluding carboxylic acids is 1. The Morgan fingerprint density at radius 1 is 1.16 bits per heavy atom. The summed E-state index contributed by atoms with van der Waals surface area (Å²) >= 11 is 0. The SMILES string of the molecule is CCC(C)N(CCCC(=O)Nc1c(C)cc(C)cc1C)Cc1nc2ccccc2c(=O)[nH]1. The van der Waals surface area contributed by atoms with Crippen LogP contribution < -0.4 is 10.9 Å². The Hall–Kier alpha value is -2.99. The van der Waals surface area contributed by atoms with E-state index in [9.17, 15) is 9.59 Å². The van der Waals surface area contributed by atoms with Crippen molar-refractivity contribution in [3.05, 3.63) is 69.3 Å². The summed E-state index contributed by atoms with van der Waals surface area (Å²) in [7, 11) is 0. The molecule has 0 aliphatic rings. The van der Waals surface area contributed by atoms with Crippen molar-refractivity contribution in [2.45, 2.75) is 66.5 Å². The lowest BCUT2D eigenvalue weighted by molar-refractivity contribution is -0.116. The molecular weight excluding hydrogens is 400 g/mol. The Morgan fingerprint density at radius 3 is 2.53 bits per heavy atom. The molecule has 2 N–H and O–H groups in total. The van der Waals surface area contributed by atoms with Gasteiger partial charge in [-0.25, -0.2) is 4.98 Å². The number of aryl methyl sites for hydroxylation is 3. The number of aromatic nitrogens is 2. The van der Waals surface area contributed by atoms with Crippen LogP contribution in [0.4, 0.5) is 5.69 Å². The fourth-order valence-corrected chi connectivity index (χ4v) is 4.14. The second-order valence-electron chi connectivity index (χ2n) is 8.68. The van der Waals surface area contributed by atoms with Crippen LogP contribution in [0.15, 0.2) is 41.2 Å². The van der Waals surface area contributed by atoms with Crippen LogP contribution in [-0.4, -0.2) is 33.4 Å². The summed E-state index contributed by atoms with van der Waals surface area (Å²) in [5, 5.41) is 3.68. The quantitative estimate of drug-likeness (QED) is 0.504. The molecule has 0 spiro atoms. The standard InChI is InChI=1S/C26H34N4O2/c1-6-20(5)30(16-23-27-22-11-8-7-10-21(22)26(32)28-23)13-9-12-24(31)29-25-18(3)14-17(2)15-19(25)4/h7-8,10-11,14-15,20H,6,9,12-13,16H2,1-5H3,(H,29,31)(H,27,28,32). The number of fused-ring (bicyclic) bond motifs is 1. The highest BCUT2D eigenvalue weighted by molar-refractivity contribution is 5.92. The largest absolute Gasteiger partial charge is 0.326 e. The maximum atomic E-state index is 12.6. The topological polar surface area (TPSA) is 78.1 Å². The first-order valence-corrected chi connectivity index (χ1v) is 11.4. The summed E-state index contributed by atoms with van der Waals surface area (Å²) in [6, 6.07) is 11.9. The summed E-state index contributed by atoms with van der Waals surface area (Å²) in [6.45, 7) is 11.7. The maximum Gasteiger partial charge on any atom is 0.258 e. The van der Waals surface area contributed by atoms with Crippen LogP contribution in [0.5, 0.6) is 0 Å². The van der Waals surface area contributed by atoms with Gasteiger partial charge in [-0.15, -0.1) is 0 Å². The Bertz CT molecular complexity index is 1130. The Kier molecular flexibility index (Phi) is 7.80. The van der Waals surface area contributed by atoms with Gasteiger partial charge in [0.25, 0.3) is 5.56 Å². The number of para-hydroxylation sites is 1. The number of nitrogens with zero attached hydrogens (tertiary/aromatic N) is 2. The molecule has 0 radical (unpaired) electrons. The van der Waals surface area contributed by atoms with Crippen molar-refractivity contribution in [3.63, 3.8) is 0 Å². The minimum absolute atomic E-state index is 0.0291. The monoisotopic (exact) mass is 434 g/mol. The number of anilines is 1. The number of rotatable bonds is 9. The van der Waals surface area contributed by atoms with Crippen molar-refractivity contribution in [2.24, 2.45) is 0 Å². The molecule has 6 heteroatoms. The number of nitrogens with one attached hydrogen (secondary N) is 2. The van der Waals surface area contributed by atoms with E-state index >= 15 is 0 Å². The molecule has 0 saturated carbocycles. The van der Waals surface area contributed by atoms with Gasteiger partial charge in [-0.05, 0) is 70.3 Å². The molecule has 3 aromatic rings. The molecule has 1 unspecified atom stereocenters. The van der Waals surface area contributed by atoms with Crippen molar-refractivity contribution in [3.8, 4) is 0 Å². The summed E-state index contributed by atoms with van der Waals surface area (Å²) in [6.07, 6.45) is 2.16. The van der Waals surface area contributed by atoms with Crippen LogP contribution in [0, 0.1) is 20.8 Å². The number of hydrogen-bond donors (Lipinski definition) is 2. The minimum atomic E-state index is -0.113. The lowest BCUT2D eigenvalue weighted by atomic mass is 10.0. The molecule has 1 amide bonds. The average molecular weight is 435 g/mol. The molecule has 0 bridgehead atoms. The molecule has 0 fully saturated rings. The zero-order chi connectivity index (χ0) is 23.3. The molecule has 1 heterocycles. The van der Waals surface area contributed by atoms with Gasteiger partial charge in [0, 0.05) is 18.2 Å². The first-order valence-electron chi connectivity index (χ1n) is 11.4. The molecule has 0 aliphatic carbocycles. The number of amides is 1. The predicted octanol–water partition coefficient (Wildman–Crippen LogP) is 4.87. The number of benzene rings is 2. The van der Waals surface area contributed by atoms with Gasteiger partial charge < -0.3 is 10.3 Å². The lowest BCUT2D eigenvalue weighted by Gasteiger charge is -2.28. The Morgan fingerprint density at radius 2 is 1.84 bits per heavy atom. The fraction of sp³-hybridized carbons (Fsp3) is 0.423. The van der Waals surface area contributed by atoms with E-state index in [1.165, 1.54) is 5.56 Å². The van der Waals surface area contributed by atoms with Gasteiger partial charge in [-0.3, -0.25) is 14.5 Å². The third kappa shape index (κ3) is 5.82. The first kappa shape index (κ1) is 23.7. The van der Waals surface area contributed by atoms with Crippen LogP contribution in [0.1, 0.15) is 55.6 Å². The highest BCUT2D eigenvalue weighted by atomic mass is 16.1. The molecule has 2 aromatic carbocycles. The van der Waals surface area contributed by atoms with Crippen molar-refractivity contribution < 1.29 is 4.79 Å². The third-order valence-electron chi connectivity index (χ3n) is 6.02. The van der Waals surface area contributed by atoms with E-state index in [-0.39, 0.29) is 11.5 Å². The van der Waals surface area contributed by atoms with Crippen LogP contribution in [0.25, 0.3) is 10.9 Å². The summed E-state index contributed by atoms with van der Waals surface area (Å²) in [4.78, 5) is 34.8. The molecular formula is C26H34N4O2. The summed E-state index contributed by atoms with van der Waals surface area (Å²) in [5.74, 6) is 0.686. The molecule has 170 valence electrons. The Labute approximate surface area is 190 Å². The lowest BCUT2D eigenvalue weighted by Crippen LogP contribution is -2.34. The minimum Gasteiger partial charge on any atom is -0.326 e. The van der Waals surface area contributed by atoms with Crippen LogP contribution in [0.2, 0.25) is 0 Å². The van der Waals surface area contributed by atoms with Crippen molar-refractivity contribution in [2.75, 3.05) is 11.9 Å². The smallest absolute Gasteiger partial charge is 0.258 e. The number of aromatic amines is 1. The van der Waals surface area contributed by atoms with E-state index in [4.69, 9.17) is 0 Å². The maximum absolute atomic E-state index is 12.6. The van der Waals surface area contributed by atoms with Gasteiger partial charge in [-0.1, -0.05) is 36.8 Å². The normalized spacial score (nSPS) is 12.3. The van der Waals surface area contributed by atoms with Crippen molar-refractivity contribution >= 4 is 22.5 Å². The first-order chi connectivity index (χ1) is 15.3. The Balaban J connectivity index is 1.63. The van der Waals surface area contributed by atoms with Crippen LogP contribution in [0.3, 0.4) is 0 Å². The molecule has 0 aliphatic heterocycles. The number of carbonyl (C=O) groups is 1. The predicted molar refractivity (Wildman–Crippen MR) is 131 cm³/mol. The summed E-state index contributed by atoms with van der Waals surface area (Å²) in [5.41, 5.74) is 4.88. The highest BCUT2D eigenvalue weighted by Gasteiger charge is 2.16. The zero-order valence-corrected chi connectivity index (χ0v) is 19.8. The van der Waals surface area contributed by atoms with E-state index in [0.29, 0.717) is 35.7 Å². The van der Waals surface area contributed by atoms with E-state index < -0.39 is 0 Å². The number of hydrogen-bond acceptors (Lipinski definition) is 4. The van der Waals surface area contributed by atoms with E-state index in [0.717, 1.165) is 36.2 Å². The van der Waals surface area contributed by atoms with Gasteiger partial charge in [0.15, 0.2) is 0 Å². The van der Waals surface area contributed by atoms with E-state index in [1.807, 2.05) is 32.0 Å². The molecule has 6 nitrogen and oxygen atoms in total. The van der Waals surface area contributed by atoms with E-state index in [1.54, 1.807) is 6.07 Å². The highest BCUT2D eigenvalue weighted by Crippen LogP contribution is 2.22. The zero-order valence-electron chi connectivity index (χ0n) is 19.8. The molecule has 1 atom stereocenters. The van der Waals surface area contributed by atoms with Crippen molar-refractivity contribution in [1.82, 2.24) is 14.9 Å². The molecule has 32 heavy (non-hydrogen) atoms. The van der Waals surface area contributed by atoms with Crippen LogP contribution in [-0.2, 0) is 11.3 Å². The van der Waals surface area contributed by atoms with Gasteiger partial charge in [0.05, 0.1) is 17.4 Å². The average Bonchev–Trinajstić information content (AvgIpc) is 2.75. The fourth-order valence-electron chi connectivity index (χ4n) is 4.14. The molecule has 0 saturated heterocycles. The molecule has 1 aromatic heterocycles. The van der Waals surface area contributed by atoms with Gasteiger partial charge in [-0.2, -0.15) is 0 Å². The van der Waals surface area contributed by atoms with E-state index in [2.05, 4.69) is 53.1 Å². The van der Waals surface area contributed by atoms with Crippen molar-refractivity contribution in [1.29, 1.82) is 0 Å².